The molecule has 6 rings (SSSR count). The zero-order valence-corrected chi connectivity index (χ0v) is 21.4. The van der Waals surface area contributed by atoms with Gasteiger partial charge >= 0.3 is 12.6 Å². The van der Waals surface area contributed by atoms with Crippen LogP contribution in [0, 0.1) is 11.8 Å². The van der Waals surface area contributed by atoms with E-state index in [9.17, 15) is 9.90 Å². The fraction of sp³-hybridized carbons (Fsp3) is 0.469. The first-order chi connectivity index (χ1) is 18.1. The molecule has 0 bridgehead atoms. The van der Waals surface area contributed by atoms with E-state index in [0.717, 1.165) is 47.9 Å². The van der Waals surface area contributed by atoms with Gasteiger partial charge in [-0.3, -0.25) is 4.74 Å². The highest BCUT2D eigenvalue weighted by molar-refractivity contribution is 5.90. The first kappa shape index (κ1) is 24.3. The first-order valence-electron chi connectivity index (χ1n) is 14.0. The van der Waals surface area contributed by atoms with Crippen LogP contribution in [0.25, 0.3) is 10.8 Å². The molecule has 0 radical (unpaired) electrons. The Morgan fingerprint density at radius 3 is 2.14 bits per heavy atom. The minimum Gasteiger partial charge on any atom is -0.450 e. The van der Waals surface area contributed by atoms with Crippen LogP contribution < -0.4 is 4.74 Å². The Kier molecular flexibility index (Phi) is 6.81. The topological polar surface area (TPSA) is 65.0 Å². The van der Waals surface area contributed by atoms with E-state index in [1.54, 1.807) is 0 Å². The number of hydrogen-bond acceptors (Lipinski definition) is 4. The Balaban J connectivity index is 1.60. The summed E-state index contributed by atoms with van der Waals surface area (Å²) in [5, 5.41) is 11.9. The van der Waals surface area contributed by atoms with Gasteiger partial charge in [-0.25, -0.2) is 4.79 Å². The van der Waals surface area contributed by atoms with Gasteiger partial charge in [0, 0.05) is 17.5 Å². The lowest BCUT2D eigenvalue weighted by atomic mass is 9.62. The normalized spacial score (nSPS) is 22.2. The van der Waals surface area contributed by atoms with Gasteiger partial charge in [0.2, 0.25) is 0 Å². The SMILES string of the molecule is O=C(O)OC1Oc2c(cc3ccccc3c2Cc2ccccc2)C(C2CCCCC2)(C2CCCCC2)O1. The van der Waals surface area contributed by atoms with Crippen molar-refractivity contribution in [1.82, 2.24) is 0 Å². The van der Waals surface area contributed by atoms with Gasteiger partial charge in [0.05, 0.1) is 0 Å². The number of rotatable bonds is 5. The van der Waals surface area contributed by atoms with E-state index in [2.05, 4.69) is 54.6 Å². The summed E-state index contributed by atoms with van der Waals surface area (Å²) in [6.45, 7) is -1.27. The van der Waals surface area contributed by atoms with Crippen LogP contribution in [0.15, 0.2) is 60.7 Å². The maximum atomic E-state index is 11.7. The van der Waals surface area contributed by atoms with E-state index in [-0.39, 0.29) is 0 Å². The third-order valence-electron chi connectivity index (χ3n) is 8.87. The molecule has 2 saturated carbocycles. The van der Waals surface area contributed by atoms with Crippen LogP contribution in [0.4, 0.5) is 4.79 Å². The van der Waals surface area contributed by atoms with E-state index in [4.69, 9.17) is 14.2 Å². The van der Waals surface area contributed by atoms with Gasteiger partial charge in [0.1, 0.15) is 11.4 Å². The van der Waals surface area contributed by atoms with Crippen molar-refractivity contribution in [3.8, 4) is 5.75 Å². The van der Waals surface area contributed by atoms with E-state index in [1.807, 2.05) is 6.07 Å². The third kappa shape index (κ3) is 4.59. The zero-order chi connectivity index (χ0) is 25.2. The molecule has 1 heterocycles. The van der Waals surface area contributed by atoms with Crippen LogP contribution in [-0.2, 0) is 21.5 Å². The van der Waals surface area contributed by atoms with Crippen molar-refractivity contribution in [2.75, 3.05) is 0 Å². The molecule has 3 aromatic rings. The van der Waals surface area contributed by atoms with Crippen LogP contribution in [0.2, 0.25) is 0 Å². The lowest BCUT2D eigenvalue weighted by molar-refractivity contribution is -0.324. The summed E-state index contributed by atoms with van der Waals surface area (Å²) >= 11 is 0. The molecule has 2 aliphatic carbocycles. The quantitative estimate of drug-likeness (QED) is 0.358. The molecule has 194 valence electrons. The molecule has 1 atom stereocenters. The summed E-state index contributed by atoms with van der Waals surface area (Å²) < 4.78 is 18.5. The summed E-state index contributed by atoms with van der Waals surface area (Å²) in [4.78, 5) is 11.7. The van der Waals surface area contributed by atoms with Gasteiger partial charge in [-0.05, 0) is 59.9 Å². The second-order valence-electron chi connectivity index (χ2n) is 11.0. The molecule has 1 N–H and O–H groups in total. The Labute approximate surface area is 218 Å². The van der Waals surface area contributed by atoms with Crippen molar-refractivity contribution in [2.24, 2.45) is 11.8 Å². The molecule has 5 nitrogen and oxygen atoms in total. The van der Waals surface area contributed by atoms with Crippen LogP contribution in [-0.4, -0.2) is 17.7 Å². The van der Waals surface area contributed by atoms with Gasteiger partial charge in [-0.15, -0.1) is 0 Å². The minimum absolute atomic E-state index is 0.303. The molecule has 1 aliphatic heterocycles. The molecule has 0 amide bonds. The van der Waals surface area contributed by atoms with Crippen molar-refractivity contribution >= 4 is 16.9 Å². The molecule has 0 saturated heterocycles. The molecule has 3 aromatic carbocycles. The Morgan fingerprint density at radius 1 is 0.865 bits per heavy atom. The number of ether oxygens (including phenoxy) is 3. The molecule has 0 spiro atoms. The van der Waals surface area contributed by atoms with Crippen molar-refractivity contribution in [2.45, 2.75) is 82.7 Å². The Bertz CT molecular complexity index is 1220. The summed E-state index contributed by atoms with van der Waals surface area (Å²) in [7, 11) is 0. The highest BCUT2D eigenvalue weighted by Gasteiger charge is 2.55. The average Bonchev–Trinajstić information content (AvgIpc) is 2.94. The summed E-state index contributed by atoms with van der Waals surface area (Å²) in [6.07, 6.45) is 10.8. The number of carboxylic acid groups (broad SMARTS) is 1. The molecular weight excluding hydrogens is 464 g/mol. The van der Waals surface area contributed by atoms with E-state index in [1.165, 1.54) is 49.5 Å². The van der Waals surface area contributed by atoms with E-state index in [0.29, 0.717) is 18.3 Å². The van der Waals surface area contributed by atoms with Crippen molar-refractivity contribution in [1.29, 1.82) is 0 Å². The van der Waals surface area contributed by atoms with Crippen LogP contribution in [0.1, 0.15) is 80.9 Å². The highest BCUT2D eigenvalue weighted by atomic mass is 16.9. The summed E-state index contributed by atoms with van der Waals surface area (Å²) in [5.74, 6) is 1.37. The van der Waals surface area contributed by atoms with Gasteiger partial charge < -0.3 is 14.6 Å². The third-order valence-corrected chi connectivity index (χ3v) is 8.87. The molecule has 0 aromatic heterocycles. The summed E-state index contributed by atoms with van der Waals surface area (Å²) in [5.41, 5.74) is 2.75. The molecular formula is C32H36O5. The second-order valence-corrected chi connectivity index (χ2v) is 11.0. The zero-order valence-electron chi connectivity index (χ0n) is 21.4. The highest BCUT2D eigenvalue weighted by Crippen LogP contribution is 2.57. The lowest BCUT2D eigenvalue weighted by Gasteiger charge is -2.52. The molecule has 5 heteroatoms. The van der Waals surface area contributed by atoms with Gasteiger partial charge in [-0.2, -0.15) is 0 Å². The standard InChI is InChI=1S/C32H36O5/c33-30(34)36-31-35-29-27(20-22-12-4-1-5-13-22)26-19-11-10-14-23(26)21-28(29)32(37-31,24-15-6-2-7-16-24)25-17-8-3-9-18-25/h1,4-5,10-14,19,21,24-25,31H,2-3,6-9,15-18,20H2,(H,33,34). The van der Waals surface area contributed by atoms with E-state index >= 15 is 0 Å². The largest absolute Gasteiger partial charge is 0.510 e. The van der Waals surface area contributed by atoms with Gasteiger partial charge in [-0.1, -0.05) is 93.1 Å². The van der Waals surface area contributed by atoms with Crippen molar-refractivity contribution < 1.29 is 24.1 Å². The number of benzene rings is 3. The lowest BCUT2D eigenvalue weighted by Crippen LogP contribution is -2.53. The monoisotopic (exact) mass is 500 g/mol. The fourth-order valence-electron chi connectivity index (χ4n) is 7.31. The minimum atomic E-state index is -1.37. The second kappa shape index (κ2) is 10.4. The number of carbonyl (C=O) groups is 1. The van der Waals surface area contributed by atoms with Crippen molar-refractivity contribution in [3.05, 3.63) is 77.4 Å². The smallest absolute Gasteiger partial charge is 0.450 e. The molecule has 37 heavy (non-hydrogen) atoms. The predicted molar refractivity (Wildman–Crippen MR) is 143 cm³/mol. The number of hydrogen-bond donors (Lipinski definition) is 1. The molecule has 3 aliphatic rings. The van der Waals surface area contributed by atoms with Gasteiger partial charge in [0.25, 0.3) is 0 Å². The maximum absolute atomic E-state index is 11.7. The Hall–Kier alpha value is -3.05. The average molecular weight is 501 g/mol. The van der Waals surface area contributed by atoms with Gasteiger partial charge in [0.15, 0.2) is 0 Å². The predicted octanol–water partition coefficient (Wildman–Crippen LogP) is 8.17. The molecule has 2 fully saturated rings. The van der Waals surface area contributed by atoms with Crippen LogP contribution in [0.5, 0.6) is 5.75 Å². The number of fused-ring (bicyclic) bond motifs is 2. The van der Waals surface area contributed by atoms with Crippen LogP contribution in [0.3, 0.4) is 0 Å². The fourth-order valence-corrected chi connectivity index (χ4v) is 7.31. The van der Waals surface area contributed by atoms with E-state index < -0.39 is 18.2 Å². The van der Waals surface area contributed by atoms with Crippen LogP contribution >= 0.6 is 0 Å². The molecule has 1 unspecified atom stereocenters. The summed E-state index contributed by atoms with van der Waals surface area (Å²) in [6, 6.07) is 21.2. The maximum Gasteiger partial charge on any atom is 0.510 e. The Morgan fingerprint density at radius 2 is 1.49 bits per heavy atom. The van der Waals surface area contributed by atoms with Crippen molar-refractivity contribution in [3.63, 3.8) is 0 Å². The first-order valence-corrected chi connectivity index (χ1v) is 14.0.